The predicted molar refractivity (Wildman–Crippen MR) is 152 cm³/mol. The van der Waals surface area contributed by atoms with Crippen molar-refractivity contribution in [3.8, 4) is 34.1 Å². The van der Waals surface area contributed by atoms with E-state index in [0.717, 1.165) is 50.2 Å². The van der Waals surface area contributed by atoms with Gasteiger partial charge in [0.25, 0.3) is 6.71 Å². The summed E-state index contributed by atoms with van der Waals surface area (Å²) in [6.07, 6.45) is 0. The zero-order chi connectivity index (χ0) is 24.7. The van der Waals surface area contributed by atoms with Crippen molar-refractivity contribution < 1.29 is 9.47 Å². The molecule has 3 aliphatic rings. The number of hydrogen-bond donors (Lipinski definition) is 0. The third-order valence-corrected chi connectivity index (χ3v) is 9.49. The Morgan fingerprint density at radius 2 is 1.17 bits per heavy atom. The van der Waals surface area contributed by atoms with Crippen LogP contribution in [0.5, 0.6) is 23.0 Å². The highest BCUT2D eigenvalue weighted by Gasteiger charge is 2.44. The molecular formula is C31H26BNO2S. The number of hydrogen-bond acceptors (Lipinski definition) is 4. The van der Waals surface area contributed by atoms with Gasteiger partial charge >= 0.3 is 0 Å². The molecule has 0 N–H and O–H groups in total. The molecule has 0 saturated carbocycles. The standard InChI is InChI=1S/C31H26BNO2S/c1-30(2)31(3,4)36-29(33-30)20-15-13-19(14-16-20)21-17-26-28-27(18-21)35-25-12-8-6-10-23(25)32(28)22-9-5-7-11-24(22)34-26/h5-18H,1-4H3. The second-order valence-electron chi connectivity index (χ2n) is 10.8. The fourth-order valence-electron chi connectivity index (χ4n) is 5.27. The maximum absolute atomic E-state index is 6.45. The van der Waals surface area contributed by atoms with Gasteiger partial charge in [0.05, 0.1) is 10.6 Å². The van der Waals surface area contributed by atoms with E-state index in [9.17, 15) is 0 Å². The van der Waals surface area contributed by atoms with Crippen molar-refractivity contribution in [3.63, 3.8) is 0 Å². The SMILES string of the molecule is CC1(C)N=C(c2ccc(-c3cc4c5c(c3)Oc3ccccc3B5c3ccccc3O4)cc2)SC1(C)C. The Balaban J connectivity index is 1.31. The lowest BCUT2D eigenvalue weighted by Gasteiger charge is -2.33. The van der Waals surface area contributed by atoms with E-state index in [1.807, 2.05) is 23.9 Å². The van der Waals surface area contributed by atoms with Gasteiger partial charge in [0, 0.05) is 15.8 Å². The summed E-state index contributed by atoms with van der Waals surface area (Å²) in [7, 11) is 0. The molecule has 0 aromatic heterocycles. The summed E-state index contributed by atoms with van der Waals surface area (Å²) in [5, 5.41) is 1.11. The van der Waals surface area contributed by atoms with Crippen LogP contribution in [-0.2, 0) is 0 Å². The normalized spacial score (nSPS) is 17.8. The third kappa shape index (κ3) is 3.19. The molecule has 0 spiro atoms. The van der Waals surface area contributed by atoms with E-state index in [2.05, 4.69) is 100 Å². The Kier molecular flexibility index (Phi) is 4.57. The van der Waals surface area contributed by atoms with E-state index >= 15 is 0 Å². The number of thioether (sulfide) groups is 1. The minimum absolute atomic E-state index is 0.0694. The molecule has 3 heterocycles. The minimum atomic E-state index is -0.0926. The van der Waals surface area contributed by atoms with Crippen LogP contribution >= 0.6 is 11.8 Å². The zero-order valence-corrected chi connectivity index (χ0v) is 21.6. The van der Waals surface area contributed by atoms with Crippen LogP contribution in [0.15, 0.2) is 89.9 Å². The van der Waals surface area contributed by atoms with Crippen molar-refractivity contribution in [1.82, 2.24) is 0 Å². The summed E-state index contributed by atoms with van der Waals surface area (Å²) < 4.78 is 13.0. The van der Waals surface area contributed by atoms with Gasteiger partial charge in [0.15, 0.2) is 0 Å². The van der Waals surface area contributed by atoms with Gasteiger partial charge in [0.1, 0.15) is 23.0 Å². The molecule has 0 bridgehead atoms. The van der Waals surface area contributed by atoms with E-state index < -0.39 is 0 Å². The molecule has 3 nitrogen and oxygen atoms in total. The molecule has 0 fully saturated rings. The van der Waals surface area contributed by atoms with Crippen molar-refractivity contribution in [2.75, 3.05) is 0 Å². The van der Waals surface area contributed by atoms with Gasteiger partial charge in [-0.1, -0.05) is 72.4 Å². The molecule has 4 aromatic rings. The molecule has 36 heavy (non-hydrogen) atoms. The summed E-state index contributed by atoms with van der Waals surface area (Å²) in [5.41, 5.74) is 6.74. The monoisotopic (exact) mass is 487 g/mol. The second-order valence-corrected chi connectivity index (χ2v) is 12.4. The number of rotatable bonds is 2. The van der Waals surface area contributed by atoms with Gasteiger partial charge in [-0.3, -0.25) is 4.99 Å². The van der Waals surface area contributed by atoms with Crippen LogP contribution in [-0.4, -0.2) is 22.0 Å². The van der Waals surface area contributed by atoms with Crippen LogP contribution in [0.1, 0.15) is 33.3 Å². The van der Waals surface area contributed by atoms with Gasteiger partial charge in [-0.25, -0.2) is 0 Å². The minimum Gasteiger partial charge on any atom is -0.458 e. The first-order chi connectivity index (χ1) is 17.3. The molecule has 5 heteroatoms. The van der Waals surface area contributed by atoms with Gasteiger partial charge < -0.3 is 9.47 Å². The number of nitrogens with zero attached hydrogens (tertiary/aromatic N) is 1. The summed E-state index contributed by atoms with van der Waals surface area (Å²) in [6.45, 7) is 9.06. The Hall–Kier alpha value is -3.44. The van der Waals surface area contributed by atoms with Crippen molar-refractivity contribution >= 4 is 39.9 Å². The molecule has 0 unspecified atom stereocenters. The van der Waals surface area contributed by atoms with Crippen LogP contribution < -0.4 is 25.9 Å². The Bertz CT molecular complexity index is 1500. The van der Waals surface area contributed by atoms with E-state index in [1.165, 1.54) is 10.9 Å². The average molecular weight is 487 g/mol. The van der Waals surface area contributed by atoms with Gasteiger partial charge in [0.2, 0.25) is 0 Å². The largest absolute Gasteiger partial charge is 0.458 e. The molecule has 0 saturated heterocycles. The molecule has 176 valence electrons. The Morgan fingerprint density at radius 1 is 0.639 bits per heavy atom. The Morgan fingerprint density at radius 3 is 1.69 bits per heavy atom. The van der Waals surface area contributed by atoms with Crippen molar-refractivity contribution in [3.05, 3.63) is 90.5 Å². The molecule has 3 aliphatic heterocycles. The number of aliphatic imine (C=N–C) groups is 1. The molecular weight excluding hydrogens is 461 g/mol. The number of ether oxygens (including phenoxy) is 2. The van der Waals surface area contributed by atoms with E-state index in [4.69, 9.17) is 14.5 Å². The van der Waals surface area contributed by atoms with Crippen LogP contribution in [0, 0.1) is 0 Å². The zero-order valence-electron chi connectivity index (χ0n) is 20.8. The summed E-state index contributed by atoms with van der Waals surface area (Å²) >= 11 is 1.86. The highest BCUT2D eigenvalue weighted by Crippen LogP contribution is 2.46. The van der Waals surface area contributed by atoms with Gasteiger partial charge in [-0.2, -0.15) is 0 Å². The summed E-state index contributed by atoms with van der Waals surface area (Å²) in [6, 6.07) is 29.7. The van der Waals surface area contributed by atoms with Gasteiger partial charge in [-0.05, 0) is 74.0 Å². The summed E-state index contributed by atoms with van der Waals surface area (Å²) in [4.78, 5) is 5.03. The first-order valence-electron chi connectivity index (χ1n) is 12.4. The first kappa shape index (κ1) is 21.8. The lowest BCUT2D eigenvalue weighted by molar-refractivity contribution is 0.426. The lowest BCUT2D eigenvalue weighted by Crippen LogP contribution is -2.57. The highest BCUT2D eigenvalue weighted by molar-refractivity contribution is 8.15. The third-order valence-electron chi connectivity index (χ3n) is 7.96. The topological polar surface area (TPSA) is 30.8 Å². The quantitative estimate of drug-likeness (QED) is 0.275. The highest BCUT2D eigenvalue weighted by atomic mass is 32.2. The maximum Gasteiger partial charge on any atom is 0.260 e. The molecule has 0 radical (unpaired) electrons. The molecule has 0 aliphatic carbocycles. The van der Waals surface area contributed by atoms with Crippen molar-refractivity contribution in [2.24, 2.45) is 4.99 Å². The molecule has 7 rings (SSSR count). The second kappa shape index (κ2) is 7.53. The molecule has 0 atom stereocenters. The van der Waals surface area contributed by atoms with Crippen molar-refractivity contribution in [1.29, 1.82) is 0 Å². The van der Waals surface area contributed by atoms with Crippen molar-refractivity contribution in [2.45, 2.75) is 38.0 Å². The van der Waals surface area contributed by atoms with Crippen LogP contribution in [0.3, 0.4) is 0 Å². The average Bonchev–Trinajstić information content (AvgIpc) is 3.10. The number of benzene rings is 4. The maximum atomic E-state index is 6.45. The summed E-state index contributed by atoms with van der Waals surface area (Å²) in [5.74, 6) is 3.55. The first-order valence-corrected chi connectivity index (χ1v) is 13.2. The van der Waals surface area contributed by atoms with Crippen LogP contribution in [0.25, 0.3) is 11.1 Å². The van der Waals surface area contributed by atoms with Gasteiger partial charge in [-0.15, -0.1) is 0 Å². The fourth-order valence-corrected chi connectivity index (χ4v) is 6.57. The lowest BCUT2D eigenvalue weighted by atomic mass is 9.35. The Labute approximate surface area is 216 Å². The van der Waals surface area contributed by atoms with Crippen LogP contribution in [0.2, 0.25) is 0 Å². The number of fused-ring (bicyclic) bond motifs is 4. The van der Waals surface area contributed by atoms with Crippen LogP contribution in [0.4, 0.5) is 0 Å². The fraction of sp³-hybridized carbons (Fsp3) is 0.194. The molecule has 0 amide bonds. The molecule has 4 aromatic carbocycles. The van der Waals surface area contributed by atoms with E-state index in [1.54, 1.807) is 0 Å². The van der Waals surface area contributed by atoms with E-state index in [0.29, 0.717) is 0 Å². The predicted octanol–water partition coefficient (Wildman–Crippen LogP) is 6.13. The van der Waals surface area contributed by atoms with E-state index in [-0.39, 0.29) is 17.0 Å². The smallest absolute Gasteiger partial charge is 0.260 e. The number of para-hydroxylation sites is 2.